The van der Waals surface area contributed by atoms with Gasteiger partial charge in [0.2, 0.25) is 5.91 Å². The second kappa shape index (κ2) is 8.97. The van der Waals surface area contributed by atoms with Crippen molar-refractivity contribution in [1.29, 1.82) is 0 Å². The molecule has 0 radical (unpaired) electrons. The van der Waals surface area contributed by atoms with E-state index >= 15 is 0 Å². The van der Waals surface area contributed by atoms with Crippen LogP contribution in [-0.4, -0.2) is 59.0 Å². The van der Waals surface area contributed by atoms with Crippen LogP contribution in [0.4, 0.5) is 0 Å². The van der Waals surface area contributed by atoms with E-state index in [4.69, 9.17) is 9.47 Å². The number of likely N-dealkylation sites (tertiary alicyclic amines) is 1. The van der Waals surface area contributed by atoms with Crippen molar-refractivity contribution in [2.45, 2.75) is 57.8 Å². The van der Waals surface area contributed by atoms with Gasteiger partial charge >= 0.3 is 0 Å². The Kier molecular flexibility index (Phi) is 6.16. The molecule has 1 amide bonds. The van der Waals surface area contributed by atoms with E-state index in [0.29, 0.717) is 19.0 Å². The molecule has 2 fully saturated rings. The molecule has 0 saturated carbocycles. The van der Waals surface area contributed by atoms with Crippen molar-refractivity contribution in [3.05, 3.63) is 47.3 Å². The minimum atomic E-state index is -0.181. The van der Waals surface area contributed by atoms with Crippen LogP contribution in [0.15, 0.2) is 30.3 Å². The van der Waals surface area contributed by atoms with Crippen molar-refractivity contribution >= 4 is 5.91 Å². The van der Waals surface area contributed by atoms with Gasteiger partial charge in [-0.2, -0.15) is 5.10 Å². The maximum Gasteiger partial charge on any atom is 0.237 e. The van der Waals surface area contributed by atoms with Crippen LogP contribution in [0.5, 0.6) is 5.75 Å². The molecular formula is C22H30N4O3. The maximum atomic E-state index is 13.1. The standard InChI is InChI=1S/C22H30N4O3/c1-15-20(16(2)25-24-15)13-23-22(27)21-12-19(29-18-6-4-3-5-7-18)14-26(21)17-8-10-28-11-9-17/h3-7,17,19,21H,8-14H2,1-2H3,(H,23,27)(H,24,25)/t19-,21-/m0/s1. The second-order valence-electron chi connectivity index (χ2n) is 7.98. The number of carbonyl (C=O) groups is 1. The Balaban J connectivity index is 1.44. The van der Waals surface area contributed by atoms with Gasteiger partial charge in [0.15, 0.2) is 0 Å². The quantitative estimate of drug-likeness (QED) is 0.781. The van der Waals surface area contributed by atoms with Crippen LogP contribution in [0.25, 0.3) is 0 Å². The molecule has 2 N–H and O–H groups in total. The summed E-state index contributed by atoms with van der Waals surface area (Å²) in [4.78, 5) is 15.5. The summed E-state index contributed by atoms with van der Waals surface area (Å²) in [5, 5.41) is 10.3. The number of aromatic nitrogens is 2. The number of nitrogens with one attached hydrogen (secondary N) is 2. The highest BCUT2D eigenvalue weighted by molar-refractivity contribution is 5.82. The number of carbonyl (C=O) groups excluding carboxylic acids is 1. The highest BCUT2D eigenvalue weighted by atomic mass is 16.5. The number of ether oxygens (including phenoxy) is 2. The van der Waals surface area contributed by atoms with E-state index in [-0.39, 0.29) is 18.1 Å². The molecule has 156 valence electrons. The predicted molar refractivity (Wildman–Crippen MR) is 110 cm³/mol. The molecule has 2 aromatic rings. The van der Waals surface area contributed by atoms with Gasteiger partial charge in [-0.25, -0.2) is 0 Å². The number of rotatable bonds is 6. The Hall–Kier alpha value is -2.38. The number of hydrogen-bond donors (Lipinski definition) is 2. The molecule has 2 aliphatic heterocycles. The zero-order valence-electron chi connectivity index (χ0n) is 17.2. The van der Waals surface area contributed by atoms with Crippen LogP contribution in [-0.2, 0) is 16.1 Å². The smallest absolute Gasteiger partial charge is 0.237 e. The molecule has 1 aromatic carbocycles. The molecule has 7 heteroatoms. The Morgan fingerprint density at radius 3 is 2.72 bits per heavy atom. The van der Waals surface area contributed by atoms with Crippen LogP contribution in [0.3, 0.4) is 0 Å². The van der Waals surface area contributed by atoms with E-state index in [1.165, 1.54) is 0 Å². The third kappa shape index (κ3) is 4.62. The van der Waals surface area contributed by atoms with Gasteiger partial charge in [0.1, 0.15) is 11.9 Å². The molecule has 0 bridgehead atoms. The summed E-state index contributed by atoms with van der Waals surface area (Å²) in [6.45, 7) is 6.71. The molecule has 2 aliphatic rings. The first-order chi connectivity index (χ1) is 14.1. The first-order valence-electron chi connectivity index (χ1n) is 10.4. The molecule has 2 atom stereocenters. The molecule has 0 unspecified atom stereocenters. The Labute approximate surface area is 171 Å². The molecule has 2 saturated heterocycles. The summed E-state index contributed by atoms with van der Waals surface area (Å²) in [7, 11) is 0. The molecule has 3 heterocycles. The van der Waals surface area contributed by atoms with Crippen molar-refractivity contribution < 1.29 is 14.3 Å². The van der Waals surface area contributed by atoms with Crippen molar-refractivity contribution in [2.24, 2.45) is 0 Å². The highest BCUT2D eigenvalue weighted by Gasteiger charge is 2.41. The lowest BCUT2D eigenvalue weighted by Gasteiger charge is -2.34. The van der Waals surface area contributed by atoms with Crippen molar-refractivity contribution in [3.8, 4) is 5.75 Å². The van der Waals surface area contributed by atoms with Crippen molar-refractivity contribution in [1.82, 2.24) is 20.4 Å². The third-order valence-corrected chi connectivity index (χ3v) is 6.03. The monoisotopic (exact) mass is 398 g/mol. The van der Waals surface area contributed by atoms with Gasteiger partial charge in [0.25, 0.3) is 0 Å². The summed E-state index contributed by atoms with van der Waals surface area (Å²) >= 11 is 0. The lowest BCUT2D eigenvalue weighted by Crippen LogP contribution is -2.49. The van der Waals surface area contributed by atoms with Crippen LogP contribution in [0, 0.1) is 13.8 Å². The fraction of sp³-hybridized carbons (Fsp3) is 0.545. The van der Waals surface area contributed by atoms with E-state index in [2.05, 4.69) is 20.4 Å². The van der Waals surface area contributed by atoms with Crippen molar-refractivity contribution in [3.63, 3.8) is 0 Å². The number of hydrogen-bond acceptors (Lipinski definition) is 5. The van der Waals surface area contributed by atoms with Crippen LogP contribution < -0.4 is 10.1 Å². The summed E-state index contributed by atoms with van der Waals surface area (Å²) < 4.78 is 11.7. The summed E-state index contributed by atoms with van der Waals surface area (Å²) in [6.07, 6.45) is 2.62. The zero-order valence-corrected chi connectivity index (χ0v) is 17.2. The van der Waals surface area contributed by atoms with Crippen molar-refractivity contribution in [2.75, 3.05) is 19.8 Å². The van der Waals surface area contributed by atoms with Gasteiger partial charge < -0.3 is 14.8 Å². The summed E-state index contributed by atoms with van der Waals surface area (Å²) in [5.74, 6) is 0.922. The molecule has 7 nitrogen and oxygen atoms in total. The van der Waals surface area contributed by atoms with Crippen LogP contribution >= 0.6 is 0 Å². The number of para-hydroxylation sites is 1. The number of amides is 1. The van der Waals surface area contributed by atoms with Gasteiger partial charge in [0, 0.05) is 50.0 Å². The third-order valence-electron chi connectivity index (χ3n) is 6.03. The molecule has 1 aromatic heterocycles. The number of nitrogens with zero attached hydrogens (tertiary/aromatic N) is 2. The van der Waals surface area contributed by atoms with E-state index in [0.717, 1.165) is 55.3 Å². The van der Waals surface area contributed by atoms with Gasteiger partial charge in [-0.05, 0) is 38.8 Å². The fourth-order valence-electron chi connectivity index (χ4n) is 4.40. The largest absolute Gasteiger partial charge is 0.489 e. The highest BCUT2D eigenvalue weighted by Crippen LogP contribution is 2.28. The molecule has 4 rings (SSSR count). The van der Waals surface area contributed by atoms with Gasteiger partial charge in [-0.15, -0.1) is 0 Å². The van der Waals surface area contributed by atoms with E-state index in [9.17, 15) is 4.79 Å². The van der Waals surface area contributed by atoms with E-state index in [1.54, 1.807) is 0 Å². The minimum absolute atomic E-state index is 0.00777. The SMILES string of the molecule is Cc1n[nH]c(C)c1CNC(=O)[C@@H]1C[C@H](Oc2ccccc2)CN1C1CCOCC1. The lowest BCUT2D eigenvalue weighted by molar-refractivity contribution is -0.127. The Bertz CT molecular complexity index is 797. The number of aromatic amines is 1. The van der Waals surface area contributed by atoms with Gasteiger partial charge in [0.05, 0.1) is 11.7 Å². The van der Waals surface area contributed by atoms with Gasteiger partial charge in [-0.1, -0.05) is 18.2 Å². The normalized spacial score (nSPS) is 23.2. The zero-order chi connectivity index (χ0) is 20.2. The fourth-order valence-corrected chi connectivity index (χ4v) is 4.40. The number of H-pyrrole nitrogens is 1. The lowest BCUT2D eigenvalue weighted by atomic mass is 10.1. The average Bonchev–Trinajstić information content (AvgIpc) is 3.31. The maximum absolute atomic E-state index is 13.1. The number of benzene rings is 1. The molecule has 0 spiro atoms. The molecule has 0 aliphatic carbocycles. The molecular weight excluding hydrogens is 368 g/mol. The average molecular weight is 399 g/mol. The van der Waals surface area contributed by atoms with Crippen LogP contribution in [0.2, 0.25) is 0 Å². The summed E-state index contributed by atoms with van der Waals surface area (Å²) in [6, 6.07) is 10.0. The van der Waals surface area contributed by atoms with E-state index < -0.39 is 0 Å². The Morgan fingerprint density at radius 2 is 2.03 bits per heavy atom. The first-order valence-corrected chi connectivity index (χ1v) is 10.4. The predicted octanol–water partition coefficient (Wildman–Crippen LogP) is 2.34. The number of aryl methyl sites for hydroxylation is 2. The van der Waals surface area contributed by atoms with E-state index in [1.807, 2.05) is 44.2 Å². The molecule has 29 heavy (non-hydrogen) atoms. The second-order valence-corrected chi connectivity index (χ2v) is 7.98. The Morgan fingerprint density at radius 1 is 1.28 bits per heavy atom. The minimum Gasteiger partial charge on any atom is -0.489 e. The van der Waals surface area contributed by atoms with Gasteiger partial charge in [-0.3, -0.25) is 14.8 Å². The van der Waals surface area contributed by atoms with Crippen LogP contribution in [0.1, 0.15) is 36.2 Å². The topological polar surface area (TPSA) is 79.5 Å². The first kappa shape index (κ1) is 19.9. The summed E-state index contributed by atoms with van der Waals surface area (Å²) in [5.41, 5.74) is 2.99.